The monoisotopic (exact) mass is 381 g/mol. The van der Waals surface area contributed by atoms with Crippen LogP contribution in [-0.4, -0.2) is 20.0 Å². The molecule has 1 N–H and O–H groups in total. The predicted octanol–water partition coefficient (Wildman–Crippen LogP) is 1.10. The average Bonchev–Trinajstić information content (AvgIpc) is 3.09. The number of aromatic nitrogens is 3. The van der Waals surface area contributed by atoms with E-state index in [4.69, 9.17) is 5.26 Å². The van der Waals surface area contributed by atoms with Gasteiger partial charge in [-0.25, -0.2) is 9.78 Å². The first-order valence-corrected chi connectivity index (χ1v) is 8.78. The van der Waals surface area contributed by atoms with Crippen LogP contribution in [0.5, 0.6) is 0 Å². The van der Waals surface area contributed by atoms with Crippen LogP contribution in [0.25, 0.3) is 0 Å². The summed E-state index contributed by atoms with van der Waals surface area (Å²) < 4.78 is 2.09. The fraction of sp³-hybridized carbons (Fsp3) is 0.167. The quantitative estimate of drug-likeness (QED) is 0.712. The largest absolute Gasteiger partial charge is 0.331 e. The highest BCUT2D eigenvalue weighted by Crippen LogP contribution is 2.21. The van der Waals surface area contributed by atoms with Crippen LogP contribution in [0.15, 0.2) is 52.3 Å². The molecular formula is C18H15N5O3S. The zero-order chi connectivity index (χ0) is 19.4. The van der Waals surface area contributed by atoms with Crippen molar-refractivity contribution >= 4 is 22.4 Å². The number of rotatable bonds is 5. The number of thiazole rings is 1. The van der Waals surface area contributed by atoms with Gasteiger partial charge in [-0.15, -0.1) is 11.3 Å². The maximum absolute atomic E-state index is 12.1. The van der Waals surface area contributed by atoms with Crippen molar-refractivity contribution in [1.82, 2.24) is 14.1 Å². The highest BCUT2D eigenvalue weighted by molar-refractivity contribution is 7.15. The van der Waals surface area contributed by atoms with Crippen LogP contribution in [0.1, 0.15) is 16.0 Å². The molecule has 8 nitrogen and oxygen atoms in total. The van der Waals surface area contributed by atoms with E-state index in [-0.39, 0.29) is 6.54 Å². The molecule has 0 unspecified atom stereocenters. The van der Waals surface area contributed by atoms with Crippen molar-refractivity contribution in [2.75, 3.05) is 5.32 Å². The van der Waals surface area contributed by atoms with Crippen LogP contribution < -0.4 is 16.6 Å². The van der Waals surface area contributed by atoms with Crippen LogP contribution in [0.3, 0.4) is 0 Å². The third-order valence-electron chi connectivity index (χ3n) is 3.84. The second-order valence-electron chi connectivity index (χ2n) is 5.79. The van der Waals surface area contributed by atoms with Gasteiger partial charge in [0, 0.05) is 36.8 Å². The van der Waals surface area contributed by atoms with E-state index in [1.165, 1.54) is 30.6 Å². The number of nitriles is 1. The average molecular weight is 381 g/mol. The summed E-state index contributed by atoms with van der Waals surface area (Å²) in [4.78, 5) is 40.6. The van der Waals surface area contributed by atoms with Gasteiger partial charge >= 0.3 is 5.69 Å². The maximum Gasteiger partial charge on any atom is 0.331 e. The summed E-state index contributed by atoms with van der Waals surface area (Å²) in [6.07, 6.45) is 3.61. The lowest BCUT2D eigenvalue weighted by molar-refractivity contribution is -0.116. The van der Waals surface area contributed by atoms with Crippen molar-refractivity contribution in [3.05, 3.63) is 79.6 Å². The lowest BCUT2D eigenvalue weighted by Crippen LogP contribution is -2.38. The van der Waals surface area contributed by atoms with Gasteiger partial charge in [0.05, 0.1) is 11.6 Å². The molecule has 3 aromatic rings. The van der Waals surface area contributed by atoms with Gasteiger partial charge in [0.25, 0.3) is 5.56 Å². The Hall–Kier alpha value is -3.51. The van der Waals surface area contributed by atoms with E-state index in [9.17, 15) is 14.4 Å². The second kappa shape index (κ2) is 7.80. The Labute approximate surface area is 158 Å². The first-order valence-electron chi connectivity index (χ1n) is 7.96. The molecular weight excluding hydrogens is 366 g/mol. The Bertz CT molecular complexity index is 1140. The lowest BCUT2D eigenvalue weighted by atomic mass is 10.1. The minimum Gasteiger partial charge on any atom is -0.300 e. The molecule has 3 rings (SSSR count). The Morgan fingerprint density at radius 3 is 2.70 bits per heavy atom. The predicted molar refractivity (Wildman–Crippen MR) is 101 cm³/mol. The number of carbonyl (C=O) groups is 1. The van der Waals surface area contributed by atoms with Gasteiger partial charge in [-0.3, -0.25) is 18.7 Å². The SMILES string of the molecule is Cn1c(=O)ccn(CC(=O)Nc2ncc(Cc3ccc(C#N)cc3)s2)c1=O. The van der Waals surface area contributed by atoms with Gasteiger partial charge in [0.1, 0.15) is 6.54 Å². The van der Waals surface area contributed by atoms with Crippen LogP contribution in [0.4, 0.5) is 5.13 Å². The molecule has 0 fully saturated rings. The Kier molecular flexibility index (Phi) is 5.28. The fourth-order valence-corrected chi connectivity index (χ4v) is 3.26. The molecule has 0 bridgehead atoms. The van der Waals surface area contributed by atoms with E-state index in [2.05, 4.69) is 16.4 Å². The van der Waals surface area contributed by atoms with Crippen molar-refractivity contribution in [1.29, 1.82) is 5.26 Å². The Balaban J connectivity index is 1.64. The van der Waals surface area contributed by atoms with E-state index in [0.717, 1.165) is 19.6 Å². The molecule has 2 heterocycles. The molecule has 136 valence electrons. The Morgan fingerprint density at radius 1 is 1.26 bits per heavy atom. The number of hydrogen-bond donors (Lipinski definition) is 1. The van der Waals surface area contributed by atoms with Gasteiger partial charge in [-0.1, -0.05) is 12.1 Å². The highest BCUT2D eigenvalue weighted by Gasteiger charge is 2.10. The normalized spacial score (nSPS) is 10.4. The van der Waals surface area contributed by atoms with Gasteiger partial charge in [0.2, 0.25) is 5.91 Å². The number of carbonyl (C=O) groups excluding carboxylic acids is 1. The zero-order valence-electron chi connectivity index (χ0n) is 14.4. The molecule has 1 aromatic carbocycles. The summed E-state index contributed by atoms with van der Waals surface area (Å²) in [6.45, 7) is -0.211. The molecule has 1 amide bonds. The number of nitrogens with zero attached hydrogens (tertiary/aromatic N) is 4. The molecule has 0 aliphatic carbocycles. The van der Waals surface area contributed by atoms with E-state index in [1.807, 2.05) is 12.1 Å². The minimum atomic E-state index is -0.557. The summed E-state index contributed by atoms with van der Waals surface area (Å²) in [5, 5.41) is 11.9. The first-order chi connectivity index (χ1) is 13.0. The van der Waals surface area contributed by atoms with E-state index >= 15 is 0 Å². The molecule has 2 aromatic heterocycles. The summed E-state index contributed by atoms with van der Waals surface area (Å²) in [5.74, 6) is -0.407. The lowest BCUT2D eigenvalue weighted by Gasteiger charge is -2.06. The minimum absolute atomic E-state index is 0.211. The van der Waals surface area contributed by atoms with Gasteiger partial charge in [0.15, 0.2) is 5.13 Å². The number of amides is 1. The van der Waals surface area contributed by atoms with E-state index < -0.39 is 17.2 Å². The van der Waals surface area contributed by atoms with Crippen molar-refractivity contribution in [3.63, 3.8) is 0 Å². The standard InChI is InChI=1S/C18H15N5O3S/c1-22-16(25)6-7-23(18(22)26)11-15(24)21-17-20-10-14(27-17)8-12-2-4-13(9-19)5-3-12/h2-7,10H,8,11H2,1H3,(H,20,21,24). The second-order valence-corrected chi connectivity index (χ2v) is 6.90. The molecule has 0 aliphatic rings. The molecule has 0 spiro atoms. The molecule has 0 atom stereocenters. The van der Waals surface area contributed by atoms with Crippen molar-refractivity contribution in [3.8, 4) is 6.07 Å². The van der Waals surface area contributed by atoms with Crippen LogP contribution in [0, 0.1) is 11.3 Å². The van der Waals surface area contributed by atoms with Gasteiger partial charge < -0.3 is 5.32 Å². The van der Waals surface area contributed by atoms with Crippen molar-refractivity contribution in [2.45, 2.75) is 13.0 Å². The molecule has 0 saturated carbocycles. The summed E-state index contributed by atoms with van der Waals surface area (Å²) in [7, 11) is 1.36. The van der Waals surface area contributed by atoms with Crippen LogP contribution in [0.2, 0.25) is 0 Å². The summed E-state index contributed by atoms with van der Waals surface area (Å²) in [5.41, 5.74) is 0.652. The van der Waals surface area contributed by atoms with Crippen molar-refractivity contribution < 1.29 is 4.79 Å². The van der Waals surface area contributed by atoms with Gasteiger partial charge in [-0.05, 0) is 17.7 Å². The topological polar surface area (TPSA) is 110 Å². The maximum atomic E-state index is 12.1. The summed E-state index contributed by atoms with van der Waals surface area (Å²) in [6, 6.07) is 10.6. The highest BCUT2D eigenvalue weighted by atomic mass is 32.1. The van der Waals surface area contributed by atoms with Crippen LogP contribution in [-0.2, 0) is 24.8 Å². The zero-order valence-corrected chi connectivity index (χ0v) is 15.2. The smallest absolute Gasteiger partial charge is 0.300 e. The molecule has 0 radical (unpaired) electrons. The van der Waals surface area contributed by atoms with E-state index in [1.54, 1.807) is 18.3 Å². The van der Waals surface area contributed by atoms with Crippen LogP contribution >= 0.6 is 11.3 Å². The number of anilines is 1. The van der Waals surface area contributed by atoms with Gasteiger partial charge in [-0.2, -0.15) is 5.26 Å². The summed E-state index contributed by atoms with van der Waals surface area (Å²) >= 11 is 1.34. The molecule has 0 saturated heterocycles. The number of hydrogen-bond acceptors (Lipinski definition) is 6. The number of nitrogens with one attached hydrogen (secondary N) is 1. The fourth-order valence-electron chi connectivity index (χ4n) is 2.40. The number of benzene rings is 1. The molecule has 0 aliphatic heterocycles. The van der Waals surface area contributed by atoms with Crippen molar-refractivity contribution in [2.24, 2.45) is 7.05 Å². The molecule has 9 heteroatoms. The third kappa shape index (κ3) is 4.37. The third-order valence-corrected chi connectivity index (χ3v) is 4.75. The molecule has 27 heavy (non-hydrogen) atoms. The Morgan fingerprint density at radius 2 is 2.00 bits per heavy atom. The van der Waals surface area contributed by atoms with E-state index in [0.29, 0.717) is 17.1 Å². The first kappa shape index (κ1) is 18.3.